The Bertz CT molecular complexity index is 407. The van der Waals surface area contributed by atoms with Gasteiger partial charge in [0.05, 0.1) is 10.7 Å². The van der Waals surface area contributed by atoms with E-state index in [-0.39, 0.29) is 11.8 Å². The molecule has 1 atom stereocenters. The van der Waals surface area contributed by atoms with Crippen molar-refractivity contribution in [1.29, 1.82) is 0 Å². The lowest BCUT2D eigenvalue weighted by Gasteiger charge is -2.15. The number of hydrogen-bond acceptors (Lipinski definition) is 1. The van der Waals surface area contributed by atoms with E-state index in [9.17, 15) is 4.79 Å². The van der Waals surface area contributed by atoms with Gasteiger partial charge in [-0.3, -0.25) is 4.79 Å². The zero-order valence-corrected chi connectivity index (χ0v) is 12.3. The third-order valence-corrected chi connectivity index (χ3v) is 3.52. The minimum atomic E-state index is 0.0233. The Morgan fingerprint density at radius 1 is 1.33 bits per heavy atom. The van der Waals surface area contributed by atoms with Gasteiger partial charge in [-0.05, 0) is 31.0 Å². The van der Waals surface area contributed by atoms with Crippen LogP contribution in [0.25, 0.3) is 0 Å². The summed E-state index contributed by atoms with van der Waals surface area (Å²) in [6.07, 6.45) is 3.91. The lowest BCUT2D eigenvalue weighted by molar-refractivity contribution is -0.120. The van der Waals surface area contributed by atoms with E-state index in [1.54, 1.807) is 18.2 Å². The van der Waals surface area contributed by atoms with Crippen molar-refractivity contribution in [2.75, 3.05) is 5.32 Å². The molecular weight excluding hydrogens is 269 g/mol. The van der Waals surface area contributed by atoms with Gasteiger partial charge in [0.25, 0.3) is 0 Å². The number of benzene rings is 1. The van der Waals surface area contributed by atoms with Crippen molar-refractivity contribution >= 4 is 34.8 Å². The molecule has 0 aromatic heterocycles. The fraction of sp³-hybridized carbons (Fsp3) is 0.500. The largest absolute Gasteiger partial charge is 0.324 e. The van der Waals surface area contributed by atoms with E-state index in [2.05, 4.69) is 12.2 Å². The molecule has 0 aliphatic heterocycles. The molecule has 1 rings (SSSR count). The van der Waals surface area contributed by atoms with Gasteiger partial charge < -0.3 is 5.32 Å². The van der Waals surface area contributed by atoms with Crippen LogP contribution < -0.4 is 5.32 Å². The van der Waals surface area contributed by atoms with Crippen molar-refractivity contribution in [2.24, 2.45) is 5.92 Å². The molecule has 0 bridgehead atoms. The van der Waals surface area contributed by atoms with Crippen molar-refractivity contribution in [3.8, 4) is 0 Å². The molecule has 0 saturated carbocycles. The summed E-state index contributed by atoms with van der Waals surface area (Å²) in [5, 5.41) is 3.93. The van der Waals surface area contributed by atoms with Crippen molar-refractivity contribution in [3.05, 3.63) is 28.2 Å². The van der Waals surface area contributed by atoms with Crippen LogP contribution in [0.1, 0.15) is 39.5 Å². The zero-order chi connectivity index (χ0) is 13.5. The molecule has 1 N–H and O–H groups in total. The van der Waals surface area contributed by atoms with Gasteiger partial charge in [-0.15, -0.1) is 0 Å². The van der Waals surface area contributed by atoms with E-state index < -0.39 is 0 Å². The molecule has 1 aromatic carbocycles. The summed E-state index contributed by atoms with van der Waals surface area (Å²) in [4.78, 5) is 12.1. The van der Waals surface area contributed by atoms with E-state index in [1.807, 2.05) is 6.92 Å². The predicted octanol–water partition coefficient (Wildman–Crippen LogP) is 5.15. The molecule has 1 amide bonds. The molecule has 0 radical (unpaired) electrons. The van der Waals surface area contributed by atoms with Crippen LogP contribution in [0.15, 0.2) is 18.2 Å². The number of unbranched alkanes of at least 4 members (excludes halogenated alkanes) is 1. The Morgan fingerprint density at radius 2 is 2.06 bits per heavy atom. The highest BCUT2D eigenvalue weighted by Crippen LogP contribution is 2.26. The molecular formula is C14H19Cl2NO. The van der Waals surface area contributed by atoms with Gasteiger partial charge in [0.15, 0.2) is 0 Å². The Balaban J connectivity index is 2.70. The monoisotopic (exact) mass is 287 g/mol. The van der Waals surface area contributed by atoms with Crippen LogP contribution in [0.3, 0.4) is 0 Å². The highest BCUT2D eigenvalue weighted by atomic mass is 35.5. The molecule has 0 aliphatic carbocycles. The minimum Gasteiger partial charge on any atom is -0.324 e. The van der Waals surface area contributed by atoms with Crippen molar-refractivity contribution < 1.29 is 4.79 Å². The Hall–Kier alpha value is -0.730. The average molecular weight is 288 g/mol. The second kappa shape index (κ2) is 7.65. The first-order chi connectivity index (χ1) is 8.58. The summed E-state index contributed by atoms with van der Waals surface area (Å²) in [5.41, 5.74) is 0.587. The summed E-state index contributed by atoms with van der Waals surface area (Å²) in [6.45, 7) is 4.15. The van der Waals surface area contributed by atoms with Crippen LogP contribution >= 0.6 is 23.2 Å². The fourth-order valence-electron chi connectivity index (χ4n) is 1.80. The summed E-state index contributed by atoms with van der Waals surface area (Å²) < 4.78 is 0. The lowest BCUT2D eigenvalue weighted by Crippen LogP contribution is -2.22. The second-order valence-corrected chi connectivity index (χ2v) is 5.20. The second-order valence-electron chi connectivity index (χ2n) is 4.36. The summed E-state index contributed by atoms with van der Waals surface area (Å²) in [6, 6.07) is 5.06. The van der Waals surface area contributed by atoms with Crippen LogP contribution in [-0.2, 0) is 4.79 Å². The number of nitrogens with one attached hydrogen (secondary N) is 1. The van der Waals surface area contributed by atoms with E-state index in [1.165, 1.54) is 0 Å². The molecule has 0 fully saturated rings. The molecule has 0 spiro atoms. The van der Waals surface area contributed by atoms with Crippen LogP contribution in [0, 0.1) is 5.92 Å². The van der Waals surface area contributed by atoms with Gasteiger partial charge in [0.2, 0.25) is 5.91 Å². The van der Waals surface area contributed by atoms with E-state index in [4.69, 9.17) is 23.2 Å². The Kier molecular flexibility index (Phi) is 6.51. The van der Waals surface area contributed by atoms with E-state index in [0.29, 0.717) is 15.7 Å². The SMILES string of the molecule is CCCC[C@H](CC)C(=O)Nc1cc(Cl)ccc1Cl. The number of hydrogen-bond donors (Lipinski definition) is 1. The van der Waals surface area contributed by atoms with E-state index >= 15 is 0 Å². The molecule has 1 aromatic rings. The van der Waals surface area contributed by atoms with Gasteiger partial charge in [-0.1, -0.05) is 49.9 Å². The maximum Gasteiger partial charge on any atom is 0.227 e. The number of rotatable bonds is 6. The lowest BCUT2D eigenvalue weighted by atomic mass is 9.98. The number of amides is 1. The fourth-order valence-corrected chi connectivity index (χ4v) is 2.14. The molecule has 4 heteroatoms. The maximum absolute atomic E-state index is 12.1. The normalized spacial score (nSPS) is 12.2. The van der Waals surface area contributed by atoms with Crippen LogP contribution in [0.2, 0.25) is 10.0 Å². The summed E-state index contributed by atoms with van der Waals surface area (Å²) in [5.74, 6) is 0.0649. The molecule has 2 nitrogen and oxygen atoms in total. The third kappa shape index (κ3) is 4.51. The zero-order valence-electron chi connectivity index (χ0n) is 10.8. The third-order valence-electron chi connectivity index (χ3n) is 2.96. The first-order valence-corrected chi connectivity index (χ1v) is 7.10. The topological polar surface area (TPSA) is 29.1 Å². The van der Waals surface area contributed by atoms with Gasteiger partial charge in [-0.25, -0.2) is 0 Å². The number of carbonyl (C=O) groups excluding carboxylic acids is 1. The summed E-state index contributed by atoms with van der Waals surface area (Å²) in [7, 11) is 0. The van der Waals surface area contributed by atoms with Gasteiger partial charge in [0.1, 0.15) is 0 Å². The van der Waals surface area contributed by atoms with Crippen molar-refractivity contribution in [1.82, 2.24) is 0 Å². The van der Waals surface area contributed by atoms with Crippen LogP contribution in [0.5, 0.6) is 0 Å². The first kappa shape index (κ1) is 15.3. The highest BCUT2D eigenvalue weighted by Gasteiger charge is 2.16. The van der Waals surface area contributed by atoms with Crippen LogP contribution in [0.4, 0.5) is 5.69 Å². The molecule has 0 saturated heterocycles. The molecule has 0 aliphatic rings. The quantitative estimate of drug-likeness (QED) is 0.770. The summed E-state index contributed by atoms with van der Waals surface area (Å²) >= 11 is 11.9. The first-order valence-electron chi connectivity index (χ1n) is 6.34. The highest BCUT2D eigenvalue weighted by molar-refractivity contribution is 6.35. The molecule has 0 unspecified atom stereocenters. The number of carbonyl (C=O) groups is 1. The number of anilines is 1. The molecule has 18 heavy (non-hydrogen) atoms. The number of halogens is 2. The smallest absolute Gasteiger partial charge is 0.227 e. The molecule has 0 heterocycles. The van der Waals surface area contributed by atoms with Gasteiger partial charge in [-0.2, -0.15) is 0 Å². The maximum atomic E-state index is 12.1. The average Bonchev–Trinajstić information content (AvgIpc) is 2.35. The predicted molar refractivity (Wildman–Crippen MR) is 78.4 cm³/mol. The Labute approximate surface area is 119 Å². The van der Waals surface area contributed by atoms with Gasteiger partial charge >= 0.3 is 0 Å². The van der Waals surface area contributed by atoms with E-state index in [0.717, 1.165) is 25.7 Å². The molecule has 100 valence electrons. The Morgan fingerprint density at radius 3 is 2.67 bits per heavy atom. The standard InChI is InChI=1S/C14H19Cl2NO/c1-3-5-6-10(4-2)14(18)17-13-9-11(15)7-8-12(13)16/h7-10H,3-6H2,1-2H3,(H,17,18)/t10-/m0/s1. The van der Waals surface area contributed by atoms with Crippen molar-refractivity contribution in [2.45, 2.75) is 39.5 Å². The minimum absolute atomic E-state index is 0.0233. The van der Waals surface area contributed by atoms with Gasteiger partial charge in [0, 0.05) is 10.9 Å². The van der Waals surface area contributed by atoms with Crippen molar-refractivity contribution in [3.63, 3.8) is 0 Å². The van der Waals surface area contributed by atoms with Crippen LogP contribution in [-0.4, -0.2) is 5.91 Å².